The highest BCUT2D eigenvalue weighted by atomic mass is 19.4. The normalized spacial score (nSPS) is 10.9. The molecule has 0 amide bonds. The monoisotopic (exact) mass is 1180 g/mol. The van der Waals surface area contributed by atoms with Crippen molar-refractivity contribution >= 4 is 43.6 Å². The lowest BCUT2D eigenvalue weighted by molar-refractivity contribution is -0.137. The first-order valence-electron chi connectivity index (χ1n) is 28.0. The van der Waals surface area contributed by atoms with Crippen LogP contribution in [0.1, 0.15) is 61.2 Å². The predicted molar refractivity (Wildman–Crippen MR) is 340 cm³/mol. The summed E-state index contributed by atoms with van der Waals surface area (Å²) in [4.78, 5) is 0. The maximum absolute atomic E-state index is 15.4. The minimum absolute atomic E-state index is 0.124. The lowest BCUT2D eigenvalue weighted by atomic mass is 9.92. The zero-order chi connectivity index (χ0) is 64.1. The van der Waals surface area contributed by atoms with Crippen molar-refractivity contribution in [2.45, 2.75) is 6.18 Å². The van der Waals surface area contributed by atoms with Crippen molar-refractivity contribution < 1.29 is 13.2 Å². The summed E-state index contributed by atoms with van der Waals surface area (Å²) in [6.07, 6.45) is -4.91. The molecule has 0 fully saturated rings. The fraction of sp³-hybridized carbons (Fsp3) is 0.0130. The van der Waals surface area contributed by atoms with E-state index in [4.69, 9.17) is 0 Å². The van der Waals surface area contributed by atoms with E-state index in [0.717, 1.165) is 6.07 Å². The van der Waals surface area contributed by atoms with Crippen LogP contribution in [0.2, 0.25) is 0 Å². The smallest absolute Gasteiger partial charge is 0.309 e. The molecule has 11 aromatic carbocycles. The third-order valence-corrected chi connectivity index (χ3v) is 16.5. The Bertz CT molecular complexity index is 5640. The van der Waals surface area contributed by atoms with Gasteiger partial charge < -0.3 is 9.13 Å². The third-order valence-electron chi connectivity index (χ3n) is 16.5. The van der Waals surface area contributed by atoms with E-state index in [1.54, 1.807) is 84.9 Å². The summed E-state index contributed by atoms with van der Waals surface area (Å²) in [5.74, 6) is 0. The molecule has 0 saturated heterocycles. The summed E-state index contributed by atoms with van der Waals surface area (Å²) in [6, 6.07) is 76.5. The molecule has 13 rings (SSSR count). The van der Waals surface area contributed by atoms with Crippen molar-refractivity contribution in [1.29, 1.82) is 52.6 Å². The second kappa shape index (κ2) is 22.5. The Balaban J connectivity index is 1.14. The van der Waals surface area contributed by atoms with E-state index in [1.807, 2.05) is 88.0 Å². The van der Waals surface area contributed by atoms with E-state index in [-0.39, 0.29) is 66.8 Å². The number of fused-ring (bicyclic) bond motifs is 6. The molecule has 15 heteroatoms. The molecule has 0 radical (unpaired) electrons. The highest BCUT2D eigenvalue weighted by molar-refractivity contribution is 6.14. The van der Waals surface area contributed by atoms with Gasteiger partial charge in [0.15, 0.2) is 0 Å². The van der Waals surface area contributed by atoms with Gasteiger partial charge in [-0.1, -0.05) is 66.7 Å². The molecule has 0 aliphatic rings. The number of aromatic nitrogens is 2. The van der Waals surface area contributed by atoms with Gasteiger partial charge in [-0.05, 0) is 189 Å². The summed E-state index contributed by atoms with van der Waals surface area (Å²) in [7, 11) is 0. The molecule has 0 atom stereocenters. The van der Waals surface area contributed by atoms with Gasteiger partial charge in [0, 0.05) is 32.7 Å². The van der Waals surface area contributed by atoms with Gasteiger partial charge >= 0.3 is 6.18 Å². The molecule has 422 valence electrons. The van der Waals surface area contributed by atoms with Crippen molar-refractivity contribution in [2.75, 3.05) is 0 Å². The third kappa shape index (κ3) is 9.52. The Morgan fingerprint density at radius 3 is 0.848 bits per heavy atom. The Labute approximate surface area is 522 Å². The molecule has 0 aliphatic carbocycles. The predicted octanol–water partition coefficient (Wildman–Crippen LogP) is 17.6. The van der Waals surface area contributed by atoms with E-state index < -0.39 is 11.7 Å². The zero-order valence-electron chi connectivity index (χ0n) is 47.6. The topological polar surface area (TPSA) is 248 Å². The number of benzene rings is 11. The maximum Gasteiger partial charge on any atom is 0.417 e. The molecule has 0 N–H and O–H groups in total. The second-order valence-electron chi connectivity index (χ2n) is 21.5. The molecule has 0 saturated carbocycles. The van der Waals surface area contributed by atoms with Gasteiger partial charge in [-0.3, -0.25) is 0 Å². The van der Waals surface area contributed by atoms with Gasteiger partial charge in [-0.15, -0.1) is 0 Å². The van der Waals surface area contributed by atoms with Crippen LogP contribution in [0.15, 0.2) is 200 Å². The Morgan fingerprint density at radius 2 is 0.522 bits per heavy atom. The fourth-order valence-electron chi connectivity index (χ4n) is 12.3. The van der Waals surface area contributed by atoms with Gasteiger partial charge in [-0.25, -0.2) is 0 Å². The zero-order valence-corrected chi connectivity index (χ0v) is 47.6. The van der Waals surface area contributed by atoms with Gasteiger partial charge in [0.25, 0.3) is 0 Å². The van der Waals surface area contributed by atoms with Crippen LogP contribution in [-0.4, -0.2) is 9.13 Å². The van der Waals surface area contributed by atoms with Crippen LogP contribution in [0.3, 0.4) is 0 Å². The van der Waals surface area contributed by atoms with Gasteiger partial charge in [0.05, 0.1) is 155 Å². The standard InChI is InChI=1S/C77H33F3N12/c78-77(79,80)70-27-48(38-85)5-16-63(70)54-11-22-71(91-72-18-7-50(59-12-1-44(34-81)23-55(59)40-87)29-66(72)67-30-51(8-19-73(67)91)60-13-2-45(35-82)24-56(60)41-88)65(33-54)64-17-6-49(39-86)28-76(64)92-74-20-9-52(61-14-3-46(36-83)25-57(61)42-89)31-68(74)69-32-53(10-21-75(69)92)62-15-4-47(37-84)26-58(62)43-90/h1-33H. The summed E-state index contributed by atoms with van der Waals surface area (Å²) in [5.41, 5.74) is 9.67. The molecule has 92 heavy (non-hydrogen) atoms. The number of halogens is 3. The van der Waals surface area contributed by atoms with Crippen LogP contribution in [0.25, 0.3) is 122 Å². The maximum atomic E-state index is 15.4. The van der Waals surface area contributed by atoms with E-state index in [2.05, 4.69) is 54.6 Å². The largest absolute Gasteiger partial charge is 0.417 e. The number of hydrogen-bond donors (Lipinski definition) is 0. The molecule has 12 nitrogen and oxygen atoms in total. The minimum atomic E-state index is -4.91. The average Bonchev–Trinajstić information content (AvgIpc) is 1.55. The highest BCUT2D eigenvalue weighted by Gasteiger charge is 2.35. The van der Waals surface area contributed by atoms with Gasteiger partial charge in [-0.2, -0.15) is 65.8 Å². The molecular formula is C77H33F3N12. The highest BCUT2D eigenvalue weighted by Crippen LogP contribution is 2.47. The van der Waals surface area contributed by atoms with Crippen LogP contribution in [-0.2, 0) is 6.18 Å². The van der Waals surface area contributed by atoms with Crippen LogP contribution in [0.5, 0.6) is 0 Å². The Morgan fingerprint density at radius 1 is 0.239 bits per heavy atom. The molecule has 0 bridgehead atoms. The summed E-state index contributed by atoms with van der Waals surface area (Å²) in [5, 5.41) is 104. The number of alkyl halides is 3. The average molecular weight is 1180 g/mol. The van der Waals surface area contributed by atoms with Crippen molar-refractivity contribution in [3.8, 4) is 139 Å². The molecule has 0 aliphatic heterocycles. The first-order chi connectivity index (χ1) is 44.7. The lowest BCUT2D eigenvalue weighted by Crippen LogP contribution is -2.08. The second-order valence-corrected chi connectivity index (χ2v) is 21.5. The summed E-state index contributed by atoms with van der Waals surface area (Å²) < 4.78 is 50.1. The first-order valence-corrected chi connectivity index (χ1v) is 28.0. The summed E-state index contributed by atoms with van der Waals surface area (Å²) in [6.45, 7) is 0. The van der Waals surface area contributed by atoms with E-state index >= 15 is 13.2 Å². The number of nitrogens with zero attached hydrogens (tertiary/aromatic N) is 12. The lowest BCUT2D eigenvalue weighted by Gasteiger charge is -2.21. The Kier molecular flexibility index (Phi) is 13.9. The molecule has 2 heterocycles. The molecular weight excluding hydrogens is 1150 g/mol. The van der Waals surface area contributed by atoms with E-state index in [1.165, 1.54) is 36.4 Å². The number of rotatable bonds is 8. The molecule has 2 aromatic heterocycles. The van der Waals surface area contributed by atoms with Gasteiger partial charge in [0.2, 0.25) is 0 Å². The molecule has 0 spiro atoms. The van der Waals surface area contributed by atoms with Crippen molar-refractivity contribution in [3.63, 3.8) is 0 Å². The summed E-state index contributed by atoms with van der Waals surface area (Å²) >= 11 is 0. The van der Waals surface area contributed by atoms with Crippen LogP contribution >= 0.6 is 0 Å². The van der Waals surface area contributed by atoms with Crippen LogP contribution < -0.4 is 0 Å². The van der Waals surface area contributed by atoms with Crippen molar-refractivity contribution in [1.82, 2.24) is 9.13 Å². The first kappa shape index (κ1) is 56.8. The quantitative estimate of drug-likeness (QED) is 0.139. The fourth-order valence-corrected chi connectivity index (χ4v) is 12.3. The molecule has 0 unspecified atom stereocenters. The van der Waals surface area contributed by atoms with Gasteiger partial charge in [0.1, 0.15) is 0 Å². The Hall–Kier alpha value is -14.3. The SMILES string of the molecule is N#Cc1ccc(-c2ccc3c(c2)c2cc(-c4ccc(C#N)cc4C#N)ccc2n3-c2ccc(-c3ccc(C#N)cc3C(F)(F)F)cc2-c2ccc(C#N)cc2-n2c3ccc(-c4ccc(C#N)cc4C#N)cc3c3cc(-c4ccc(C#N)cc4C#N)ccc32)c(C#N)c1. The van der Waals surface area contributed by atoms with Crippen LogP contribution in [0.4, 0.5) is 13.2 Å². The minimum Gasteiger partial charge on any atom is -0.309 e. The van der Waals surface area contributed by atoms with E-state index in [9.17, 15) is 52.6 Å². The van der Waals surface area contributed by atoms with Crippen molar-refractivity contribution in [3.05, 3.63) is 261 Å². The molecule has 13 aromatic rings. The van der Waals surface area contributed by atoms with E-state index in [0.29, 0.717) is 111 Å². The van der Waals surface area contributed by atoms with Crippen molar-refractivity contribution in [2.24, 2.45) is 0 Å². The number of hydrogen-bond acceptors (Lipinski definition) is 10. The number of nitriles is 10. The van der Waals surface area contributed by atoms with Crippen LogP contribution in [0, 0.1) is 113 Å².